The van der Waals surface area contributed by atoms with Gasteiger partial charge in [-0.15, -0.1) is 0 Å². The predicted octanol–water partition coefficient (Wildman–Crippen LogP) is 1.81. The summed E-state index contributed by atoms with van der Waals surface area (Å²) in [6.45, 7) is 2.82. The first-order valence-electron chi connectivity index (χ1n) is 7.13. The summed E-state index contributed by atoms with van der Waals surface area (Å²) in [4.78, 5) is 2.25. The van der Waals surface area contributed by atoms with Crippen LogP contribution in [0, 0.1) is 5.92 Å². The Morgan fingerprint density at radius 3 is 3.17 bits per heavy atom. The number of benzene rings is 1. The normalized spacial score (nSPS) is 33.8. The molecule has 4 rings (SSSR count). The van der Waals surface area contributed by atoms with E-state index < -0.39 is 0 Å². The Bertz CT molecular complexity index is 474. The van der Waals surface area contributed by atoms with Crippen molar-refractivity contribution in [2.24, 2.45) is 5.92 Å². The van der Waals surface area contributed by atoms with Crippen LogP contribution in [0.3, 0.4) is 0 Å². The van der Waals surface area contributed by atoms with Crippen molar-refractivity contribution < 1.29 is 5.11 Å². The SMILES string of the molecule is OC1C2CCCC2c2cccc3c2N1CCNC3. The Kier molecular flexibility index (Phi) is 2.39. The highest BCUT2D eigenvalue weighted by Crippen LogP contribution is 2.50. The van der Waals surface area contributed by atoms with Crippen molar-refractivity contribution in [2.45, 2.75) is 38.0 Å². The van der Waals surface area contributed by atoms with Crippen LogP contribution in [0.1, 0.15) is 36.3 Å². The van der Waals surface area contributed by atoms with Gasteiger partial charge in [0.05, 0.1) is 0 Å². The second-order valence-corrected chi connectivity index (χ2v) is 5.84. The van der Waals surface area contributed by atoms with Crippen LogP contribution in [0.2, 0.25) is 0 Å². The number of aliphatic hydroxyl groups excluding tert-OH is 1. The first-order chi connectivity index (χ1) is 8.86. The summed E-state index contributed by atoms with van der Waals surface area (Å²) in [7, 11) is 0. The molecule has 0 spiro atoms. The monoisotopic (exact) mass is 244 g/mol. The van der Waals surface area contributed by atoms with E-state index >= 15 is 0 Å². The second-order valence-electron chi connectivity index (χ2n) is 5.84. The lowest BCUT2D eigenvalue weighted by molar-refractivity contribution is 0.0902. The summed E-state index contributed by atoms with van der Waals surface area (Å²) in [5.74, 6) is 1.04. The average molecular weight is 244 g/mol. The molecule has 2 N–H and O–H groups in total. The van der Waals surface area contributed by atoms with Gasteiger partial charge in [-0.2, -0.15) is 0 Å². The van der Waals surface area contributed by atoms with Gasteiger partial charge in [0.1, 0.15) is 6.23 Å². The molecule has 1 saturated carbocycles. The van der Waals surface area contributed by atoms with E-state index in [1.165, 1.54) is 36.1 Å². The van der Waals surface area contributed by atoms with Gasteiger partial charge in [0, 0.05) is 31.2 Å². The van der Waals surface area contributed by atoms with Gasteiger partial charge in [0.25, 0.3) is 0 Å². The minimum absolute atomic E-state index is 0.272. The fourth-order valence-electron chi connectivity index (χ4n) is 4.17. The number of aliphatic hydroxyl groups is 1. The highest BCUT2D eigenvalue weighted by molar-refractivity contribution is 5.64. The van der Waals surface area contributed by atoms with E-state index in [0.717, 1.165) is 19.6 Å². The van der Waals surface area contributed by atoms with E-state index in [-0.39, 0.29) is 6.23 Å². The van der Waals surface area contributed by atoms with Gasteiger partial charge in [-0.25, -0.2) is 0 Å². The summed E-state index contributed by atoms with van der Waals surface area (Å²) in [6.07, 6.45) is 3.42. The molecule has 2 aliphatic heterocycles. The topological polar surface area (TPSA) is 35.5 Å². The number of anilines is 1. The van der Waals surface area contributed by atoms with Crippen LogP contribution >= 0.6 is 0 Å². The van der Waals surface area contributed by atoms with Gasteiger partial charge < -0.3 is 15.3 Å². The molecule has 18 heavy (non-hydrogen) atoms. The highest BCUT2D eigenvalue weighted by atomic mass is 16.3. The lowest BCUT2D eigenvalue weighted by Gasteiger charge is -2.43. The van der Waals surface area contributed by atoms with Crippen molar-refractivity contribution in [3.8, 4) is 0 Å². The summed E-state index contributed by atoms with van der Waals surface area (Å²) >= 11 is 0. The lowest BCUT2D eigenvalue weighted by Crippen LogP contribution is -2.47. The standard InChI is InChI=1S/C15H20N2O/c18-15-13-6-2-4-11(13)12-5-1-3-10-9-16-7-8-17(15)14(10)12/h1,3,5,11,13,15-16,18H,2,4,6-9H2. The quantitative estimate of drug-likeness (QED) is 0.730. The fraction of sp³-hybridized carbons (Fsp3) is 0.600. The zero-order valence-electron chi connectivity index (χ0n) is 10.6. The molecule has 3 unspecified atom stereocenters. The van der Waals surface area contributed by atoms with E-state index in [4.69, 9.17) is 0 Å². The van der Waals surface area contributed by atoms with Gasteiger partial charge in [-0.05, 0) is 29.9 Å². The smallest absolute Gasteiger partial charge is 0.130 e. The van der Waals surface area contributed by atoms with Crippen LogP contribution in [0.15, 0.2) is 18.2 Å². The van der Waals surface area contributed by atoms with E-state index in [1.54, 1.807) is 0 Å². The van der Waals surface area contributed by atoms with Crippen LogP contribution in [-0.2, 0) is 6.54 Å². The summed E-state index contributed by atoms with van der Waals surface area (Å²) in [5.41, 5.74) is 4.18. The maximum atomic E-state index is 10.7. The molecule has 0 bridgehead atoms. The minimum Gasteiger partial charge on any atom is -0.373 e. The molecule has 1 aromatic rings. The fourth-order valence-corrected chi connectivity index (χ4v) is 4.17. The summed E-state index contributed by atoms with van der Waals surface area (Å²) in [5, 5.41) is 14.1. The molecule has 3 heteroatoms. The molecule has 0 saturated heterocycles. The molecule has 3 nitrogen and oxygen atoms in total. The third kappa shape index (κ3) is 1.38. The number of para-hydroxylation sites is 1. The first-order valence-corrected chi connectivity index (χ1v) is 7.13. The van der Waals surface area contributed by atoms with E-state index in [9.17, 15) is 5.11 Å². The molecule has 1 aromatic carbocycles. The summed E-state index contributed by atoms with van der Waals surface area (Å²) < 4.78 is 0. The summed E-state index contributed by atoms with van der Waals surface area (Å²) in [6, 6.07) is 6.67. The molecular weight excluding hydrogens is 224 g/mol. The highest BCUT2D eigenvalue weighted by Gasteiger charge is 2.43. The molecule has 2 heterocycles. The van der Waals surface area contributed by atoms with Crippen LogP contribution < -0.4 is 10.2 Å². The third-order valence-electron chi connectivity index (χ3n) is 4.95. The zero-order valence-corrected chi connectivity index (χ0v) is 10.6. The van der Waals surface area contributed by atoms with E-state index in [2.05, 4.69) is 28.4 Å². The predicted molar refractivity (Wildman–Crippen MR) is 71.6 cm³/mol. The third-order valence-corrected chi connectivity index (χ3v) is 4.95. The Hall–Kier alpha value is -1.06. The molecule has 1 aliphatic carbocycles. The molecular formula is C15H20N2O. The van der Waals surface area contributed by atoms with Crippen molar-refractivity contribution in [3.05, 3.63) is 29.3 Å². The number of fused-ring (bicyclic) bond motifs is 2. The Balaban J connectivity index is 1.91. The van der Waals surface area contributed by atoms with Crippen LogP contribution in [-0.4, -0.2) is 24.4 Å². The van der Waals surface area contributed by atoms with Crippen LogP contribution in [0.4, 0.5) is 5.69 Å². The lowest BCUT2D eigenvalue weighted by atomic mass is 9.81. The van der Waals surface area contributed by atoms with Crippen molar-refractivity contribution in [2.75, 3.05) is 18.0 Å². The number of nitrogens with one attached hydrogen (secondary N) is 1. The maximum Gasteiger partial charge on any atom is 0.130 e. The van der Waals surface area contributed by atoms with Gasteiger partial charge in [0.15, 0.2) is 0 Å². The van der Waals surface area contributed by atoms with Gasteiger partial charge in [-0.3, -0.25) is 0 Å². The van der Waals surface area contributed by atoms with Crippen LogP contribution in [0.25, 0.3) is 0 Å². The zero-order chi connectivity index (χ0) is 12.1. The van der Waals surface area contributed by atoms with Crippen molar-refractivity contribution in [3.63, 3.8) is 0 Å². The average Bonchev–Trinajstić information content (AvgIpc) is 2.78. The van der Waals surface area contributed by atoms with Crippen molar-refractivity contribution in [1.29, 1.82) is 0 Å². The van der Waals surface area contributed by atoms with Crippen molar-refractivity contribution >= 4 is 5.69 Å². The Morgan fingerprint density at radius 1 is 1.28 bits per heavy atom. The number of hydrogen-bond donors (Lipinski definition) is 2. The minimum atomic E-state index is -0.272. The van der Waals surface area contributed by atoms with Crippen LogP contribution in [0.5, 0.6) is 0 Å². The van der Waals surface area contributed by atoms with E-state index in [0.29, 0.717) is 11.8 Å². The van der Waals surface area contributed by atoms with Gasteiger partial charge in [0.2, 0.25) is 0 Å². The molecule has 0 radical (unpaired) electrons. The second kappa shape index (κ2) is 3.97. The van der Waals surface area contributed by atoms with E-state index in [1.807, 2.05) is 0 Å². The molecule has 0 aromatic heterocycles. The first kappa shape index (κ1) is 10.8. The number of rotatable bonds is 0. The largest absolute Gasteiger partial charge is 0.373 e. The molecule has 1 fully saturated rings. The Labute approximate surface area is 108 Å². The molecule has 3 aliphatic rings. The molecule has 96 valence electrons. The maximum absolute atomic E-state index is 10.7. The number of nitrogens with zero attached hydrogens (tertiary/aromatic N) is 1. The van der Waals surface area contributed by atoms with Crippen molar-refractivity contribution in [1.82, 2.24) is 5.32 Å². The van der Waals surface area contributed by atoms with Gasteiger partial charge in [-0.1, -0.05) is 24.6 Å². The molecule has 3 atom stereocenters. The van der Waals surface area contributed by atoms with Gasteiger partial charge >= 0.3 is 0 Å². The Morgan fingerprint density at radius 2 is 2.22 bits per heavy atom. The molecule has 0 amide bonds. The number of hydrogen-bond acceptors (Lipinski definition) is 3.